The number of halogens is 2. The Morgan fingerprint density at radius 2 is 1.49 bits per heavy atom. The van der Waals surface area contributed by atoms with Crippen molar-refractivity contribution in [3.63, 3.8) is 0 Å². The van der Waals surface area contributed by atoms with Crippen molar-refractivity contribution in [1.29, 1.82) is 0 Å². The highest BCUT2D eigenvalue weighted by molar-refractivity contribution is 9.11. The summed E-state index contributed by atoms with van der Waals surface area (Å²) in [7, 11) is 0. The molecule has 0 spiro atoms. The lowest BCUT2D eigenvalue weighted by Crippen LogP contribution is -2.47. The first-order valence-corrected chi connectivity index (χ1v) is 15.1. The van der Waals surface area contributed by atoms with Crippen molar-refractivity contribution in [2.45, 2.75) is 25.7 Å². The van der Waals surface area contributed by atoms with E-state index in [4.69, 9.17) is 9.47 Å². The molecule has 4 aromatic carbocycles. The predicted octanol–water partition coefficient (Wildman–Crippen LogP) is 7.26. The summed E-state index contributed by atoms with van der Waals surface area (Å²) in [4.78, 5) is 29.2. The second-order valence-corrected chi connectivity index (χ2v) is 11.4. The van der Waals surface area contributed by atoms with Gasteiger partial charge in [0.25, 0.3) is 5.91 Å². The minimum atomic E-state index is -0.938. The number of rotatable bonds is 11. The largest absolute Gasteiger partial charge is 0.487 e. The molecule has 0 aliphatic carbocycles. The van der Waals surface area contributed by atoms with Crippen LogP contribution < -0.4 is 15.5 Å². The summed E-state index contributed by atoms with van der Waals surface area (Å²) in [5.74, 6) is 0.168. The zero-order valence-corrected chi connectivity index (χ0v) is 26.1. The van der Waals surface area contributed by atoms with Gasteiger partial charge in [-0.1, -0.05) is 78.9 Å². The average Bonchev–Trinajstić information content (AvgIpc) is 3.43. The van der Waals surface area contributed by atoms with Gasteiger partial charge in [-0.25, -0.2) is 10.2 Å². The van der Waals surface area contributed by atoms with Crippen molar-refractivity contribution in [2.75, 3.05) is 0 Å². The third kappa shape index (κ3) is 8.33. The van der Waals surface area contributed by atoms with Gasteiger partial charge >= 0.3 is 6.09 Å². The number of nitrogens with one attached hydrogen (secondary N) is 3. The van der Waals surface area contributed by atoms with E-state index < -0.39 is 18.0 Å². The van der Waals surface area contributed by atoms with Gasteiger partial charge in [-0.2, -0.15) is 5.10 Å². The third-order valence-electron chi connectivity index (χ3n) is 6.56. The Hall–Kier alpha value is -4.41. The van der Waals surface area contributed by atoms with Gasteiger partial charge in [0.15, 0.2) is 0 Å². The highest BCUT2D eigenvalue weighted by atomic mass is 79.9. The molecule has 0 aliphatic rings. The minimum absolute atomic E-state index is 0.0844. The summed E-state index contributed by atoms with van der Waals surface area (Å²) >= 11 is 7.12. The number of para-hydroxylation sites is 1. The van der Waals surface area contributed by atoms with Gasteiger partial charge in [0, 0.05) is 23.5 Å². The number of H-pyrrole nitrogens is 1. The van der Waals surface area contributed by atoms with Crippen molar-refractivity contribution in [1.82, 2.24) is 15.7 Å². The topological polar surface area (TPSA) is 105 Å². The van der Waals surface area contributed by atoms with Crippen LogP contribution in [0.15, 0.2) is 117 Å². The molecule has 218 valence electrons. The molecule has 43 heavy (non-hydrogen) atoms. The lowest BCUT2D eigenvalue weighted by Gasteiger charge is -2.17. The molecule has 0 fully saturated rings. The second-order valence-electron chi connectivity index (χ2n) is 9.64. The molecular formula is C33H28Br2N4O4. The van der Waals surface area contributed by atoms with E-state index in [1.165, 1.54) is 6.21 Å². The standard InChI is InChI=1S/C33H28Br2N4O4/c34-27-15-24(16-28(35)31(27)42-20-22-9-3-1-4-10-22)18-37-39-32(40)30(17-25-19-36-29-14-8-7-13-26(25)29)38-33(41)43-21-23-11-5-2-6-12-23/h1-16,18-19,30,36H,17,20-21H2,(H,38,41)(H,39,40)/b37-18-/t30-/m1/s1. The first-order chi connectivity index (χ1) is 21.0. The number of fused-ring (bicyclic) bond motifs is 1. The van der Waals surface area contributed by atoms with E-state index in [0.29, 0.717) is 12.4 Å². The number of carbonyl (C=O) groups excluding carboxylic acids is 2. The summed E-state index contributed by atoms with van der Waals surface area (Å²) in [6, 6.07) is 29.7. The lowest BCUT2D eigenvalue weighted by molar-refractivity contribution is -0.123. The van der Waals surface area contributed by atoms with Crippen LogP contribution >= 0.6 is 31.9 Å². The number of amides is 2. The van der Waals surface area contributed by atoms with Crippen LogP contribution in [0.5, 0.6) is 5.75 Å². The molecule has 1 heterocycles. The van der Waals surface area contributed by atoms with Crippen molar-refractivity contribution in [3.8, 4) is 5.75 Å². The predicted molar refractivity (Wildman–Crippen MR) is 174 cm³/mol. The molecule has 0 saturated carbocycles. The fourth-order valence-corrected chi connectivity index (χ4v) is 5.86. The molecule has 1 aromatic heterocycles. The normalized spacial score (nSPS) is 11.8. The summed E-state index contributed by atoms with van der Waals surface area (Å²) in [6.07, 6.45) is 2.88. The monoisotopic (exact) mass is 702 g/mol. The van der Waals surface area contributed by atoms with E-state index >= 15 is 0 Å². The zero-order chi connectivity index (χ0) is 30.0. The van der Waals surface area contributed by atoms with Crippen LogP contribution in [0.4, 0.5) is 4.79 Å². The average molecular weight is 704 g/mol. The van der Waals surface area contributed by atoms with Gasteiger partial charge in [-0.05, 0) is 72.3 Å². The molecule has 10 heteroatoms. The second kappa shape index (κ2) is 14.7. The molecule has 3 N–H and O–H groups in total. The van der Waals surface area contributed by atoms with E-state index in [0.717, 1.165) is 42.1 Å². The minimum Gasteiger partial charge on any atom is -0.487 e. The van der Waals surface area contributed by atoms with Crippen LogP contribution in [-0.4, -0.2) is 29.2 Å². The zero-order valence-electron chi connectivity index (χ0n) is 22.9. The Morgan fingerprint density at radius 3 is 2.19 bits per heavy atom. The fourth-order valence-electron chi connectivity index (χ4n) is 4.41. The van der Waals surface area contributed by atoms with Gasteiger partial charge in [0.1, 0.15) is 25.0 Å². The van der Waals surface area contributed by atoms with E-state index in [2.05, 4.69) is 52.7 Å². The molecule has 0 saturated heterocycles. The molecule has 2 amide bonds. The molecule has 0 radical (unpaired) electrons. The summed E-state index contributed by atoms with van der Waals surface area (Å²) in [5.41, 5.74) is 6.98. The van der Waals surface area contributed by atoms with Crippen molar-refractivity contribution < 1.29 is 19.1 Å². The van der Waals surface area contributed by atoms with Gasteiger partial charge in [-0.15, -0.1) is 0 Å². The fraction of sp³-hybridized carbons (Fsp3) is 0.121. The van der Waals surface area contributed by atoms with Crippen LogP contribution in [0.2, 0.25) is 0 Å². The Kier molecular flexibility index (Phi) is 10.2. The maximum Gasteiger partial charge on any atom is 0.408 e. The number of aromatic amines is 1. The molecule has 5 aromatic rings. The van der Waals surface area contributed by atoms with Crippen molar-refractivity contribution >= 4 is 61.0 Å². The Labute approximate surface area is 265 Å². The molecular weight excluding hydrogens is 676 g/mol. The van der Waals surface area contributed by atoms with Crippen molar-refractivity contribution in [2.24, 2.45) is 5.10 Å². The van der Waals surface area contributed by atoms with Crippen LogP contribution in [0.25, 0.3) is 10.9 Å². The number of hydrogen-bond acceptors (Lipinski definition) is 5. The Morgan fingerprint density at radius 1 is 0.860 bits per heavy atom. The van der Waals surface area contributed by atoms with Gasteiger partial charge in [0.05, 0.1) is 15.2 Å². The molecule has 5 rings (SSSR count). The van der Waals surface area contributed by atoms with Crippen LogP contribution in [0.1, 0.15) is 22.3 Å². The van der Waals surface area contributed by atoms with E-state index in [1.54, 1.807) is 0 Å². The number of nitrogens with zero attached hydrogens (tertiary/aromatic N) is 1. The lowest BCUT2D eigenvalue weighted by atomic mass is 10.0. The molecule has 0 unspecified atom stereocenters. The van der Waals surface area contributed by atoms with E-state index in [1.807, 2.05) is 103 Å². The Bertz CT molecular complexity index is 1700. The Balaban J connectivity index is 1.25. The summed E-state index contributed by atoms with van der Waals surface area (Å²) in [6.45, 7) is 0.501. The number of carbonyl (C=O) groups is 2. The quantitative estimate of drug-likeness (QED) is 0.0995. The van der Waals surface area contributed by atoms with Crippen LogP contribution in [0, 0.1) is 0 Å². The van der Waals surface area contributed by atoms with E-state index in [9.17, 15) is 9.59 Å². The number of alkyl carbamates (subject to hydrolysis) is 1. The summed E-state index contributed by atoms with van der Waals surface area (Å²) < 4.78 is 12.8. The molecule has 8 nitrogen and oxygen atoms in total. The number of aromatic nitrogens is 1. The smallest absolute Gasteiger partial charge is 0.408 e. The maximum absolute atomic E-state index is 13.3. The van der Waals surface area contributed by atoms with Gasteiger partial charge < -0.3 is 19.8 Å². The van der Waals surface area contributed by atoms with Crippen LogP contribution in [0.3, 0.4) is 0 Å². The van der Waals surface area contributed by atoms with E-state index in [-0.39, 0.29) is 13.0 Å². The van der Waals surface area contributed by atoms with Gasteiger partial charge in [0.2, 0.25) is 0 Å². The highest BCUT2D eigenvalue weighted by Gasteiger charge is 2.23. The van der Waals surface area contributed by atoms with Crippen LogP contribution in [-0.2, 0) is 29.2 Å². The molecule has 1 atom stereocenters. The molecule has 0 bridgehead atoms. The molecule has 0 aliphatic heterocycles. The third-order valence-corrected chi connectivity index (χ3v) is 7.73. The number of hydrogen-bond donors (Lipinski definition) is 3. The van der Waals surface area contributed by atoms with Gasteiger partial charge in [-0.3, -0.25) is 4.79 Å². The number of ether oxygens (including phenoxy) is 2. The highest BCUT2D eigenvalue weighted by Crippen LogP contribution is 2.35. The first kappa shape index (κ1) is 30.1. The maximum atomic E-state index is 13.3. The first-order valence-electron chi connectivity index (χ1n) is 13.5. The van der Waals surface area contributed by atoms with Crippen molar-refractivity contribution in [3.05, 3.63) is 134 Å². The number of hydrazone groups is 1. The SMILES string of the molecule is O=C(N[C@H](Cc1c[nH]c2ccccc12)C(=O)N/N=C\c1cc(Br)c(OCc2ccccc2)c(Br)c1)OCc1ccccc1. The number of benzene rings is 4. The summed E-state index contributed by atoms with van der Waals surface area (Å²) in [5, 5.41) is 7.82.